The standard InChI is InChI=1S/C15H16ClN3OS/c1-9-12(17)6-3-7-13(9)19-14(20)10(2)21-15-11(16)5-4-8-18-15/h3-8,10H,17H2,1-2H3,(H,19,20). The van der Waals surface area contributed by atoms with Crippen molar-refractivity contribution in [1.29, 1.82) is 0 Å². The average molecular weight is 322 g/mol. The molecule has 0 bridgehead atoms. The van der Waals surface area contributed by atoms with E-state index in [4.69, 9.17) is 17.3 Å². The van der Waals surface area contributed by atoms with Crippen molar-refractivity contribution in [2.45, 2.75) is 24.1 Å². The second kappa shape index (κ2) is 6.83. The van der Waals surface area contributed by atoms with Crippen LogP contribution in [-0.2, 0) is 4.79 Å². The maximum Gasteiger partial charge on any atom is 0.237 e. The number of nitrogens with one attached hydrogen (secondary N) is 1. The molecular weight excluding hydrogens is 306 g/mol. The van der Waals surface area contributed by atoms with Crippen LogP contribution in [0.15, 0.2) is 41.6 Å². The van der Waals surface area contributed by atoms with Gasteiger partial charge in [-0.25, -0.2) is 4.98 Å². The predicted molar refractivity (Wildman–Crippen MR) is 88.8 cm³/mol. The van der Waals surface area contributed by atoms with E-state index in [2.05, 4.69) is 10.3 Å². The van der Waals surface area contributed by atoms with E-state index < -0.39 is 0 Å². The van der Waals surface area contributed by atoms with Gasteiger partial charge in [0.05, 0.1) is 10.3 Å². The largest absolute Gasteiger partial charge is 0.398 e. The number of amides is 1. The lowest BCUT2D eigenvalue weighted by molar-refractivity contribution is -0.115. The molecule has 0 saturated heterocycles. The van der Waals surface area contributed by atoms with Gasteiger partial charge in [0.1, 0.15) is 5.03 Å². The monoisotopic (exact) mass is 321 g/mol. The Kier molecular flexibility index (Phi) is 5.09. The van der Waals surface area contributed by atoms with E-state index in [1.165, 1.54) is 11.8 Å². The molecule has 0 aliphatic heterocycles. The lowest BCUT2D eigenvalue weighted by Gasteiger charge is -2.14. The topological polar surface area (TPSA) is 68.0 Å². The second-order valence-electron chi connectivity index (χ2n) is 4.56. The number of hydrogen-bond donors (Lipinski definition) is 2. The van der Waals surface area contributed by atoms with Crippen molar-refractivity contribution in [3.8, 4) is 0 Å². The van der Waals surface area contributed by atoms with E-state index in [1.807, 2.05) is 26.0 Å². The normalized spacial score (nSPS) is 12.0. The van der Waals surface area contributed by atoms with Crippen LogP contribution in [0.5, 0.6) is 0 Å². The molecule has 0 fully saturated rings. The number of carbonyl (C=O) groups excluding carboxylic acids is 1. The van der Waals surface area contributed by atoms with E-state index in [9.17, 15) is 4.79 Å². The minimum atomic E-state index is -0.321. The predicted octanol–water partition coefficient (Wildman–Crippen LogP) is 3.74. The molecule has 0 saturated carbocycles. The molecule has 0 radical (unpaired) electrons. The quantitative estimate of drug-likeness (QED) is 0.665. The van der Waals surface area contributed by atoms with Crippen LogP contribution in [0.2, 0.25) is 5.02 Å². The summed E-state index contributed by atoms with van der Waals surface area (Å²) >= 11 is 7.37. The summed E-state index contributed by atoms with van der Waals surface area (Å²) in [5.41, 5.74) is 8.07. The van der Waals surface area contributed by atoms with Crippen molar-refractivity contribution in [3.05, 3.63) is 47.1 Å². The zero-order chi connectivity index (χ0) is 15.4. The van der Waals surface area contributed by atoms with E-state index in [1.54, 1.807) is 24.4 Å². The van der Waals surface area contributed by atoms with Crippen molar-refractivity contribution < 1.29 is 4.79 Å². The van der Waals surface area contributed by atoms with Crippen LogP contribution in [0.4, 0.5) is 11.4 Å². The number of benzene rings is 1. The number of nitrogen functional groups attached to an aromatic ring is 1. The number of halogens is 1. The third kappa shape index (κ3) is 3.89. The number of thioether (sulfide) groups is 1. The number of nitrogens with zero attached hydrogens (tertiary/aromatic N) is 1. The molecule has 1 unspecified atom stereocenters. The van der Waals surface area contributed by atoms with Gasteiger partial charge in [-0.1, -0.05) is 29.4 Å². The molecule has 2 rings (SSSR count). The maximum absolute atomic E-state index is 12.2. The number of pyridine rings is 1. The van der Waals surface area contributed by atoms with E-state index in [-0.39, 0.29) is 11.2 Å². The van der Waals surface area contributed by atoms with Crippen molar-refractivity contribution in [2.24, 2.45) is 0 Å². The van der Waals surface area contributed by atoms with Gasteiger partial charge in [0.15, 0.2) is 0 Å². The molecule has 110 valence electrons. The first kappa shape index (κ1) is 15.7. The Balaban J connectivity index is 2.06. The van der Waals surface area contributed by atoms with Crippen molar-refractivity contribution >= 4 is 40.6 Å². The summed E-state index contributed by atoms with van der Waals surface area (Å²) in [5, 5.41) is 3.75. The van der Waals surface area contributed by atoms with Gasteiger partial charge in [-0.3, -0.25) is 4.79 Å². The molecule has 4 nitrogen and oxygen atoms in total. The number of rotatable bonds is 4. The molecule has 6 heteroatoms. The van der Waals surface area contributed by atoms with Crippen molar-refractivity contribution in [2.75, 3.05) is 11.1 Å². The first-order chi connectivity index (χ1) is 9.99. The molecule has 1 amide bonds. The third-order valence-corrected chi connectivity index (χ3v) is 4.55. The van der Waals surface area contributed by atoms with Crippen LogP contribution in [0.3, 0.4) is 0 Å². The lowest BCUT2D eigenvalue weighted by atomic mass is 10.1. The van der Waals surface area contributed by atoms with Crippen LogP contribution in [0.25, 0.3) is 0 Å². The Morgan fingerprint density at radius 1 is 1.38 bits per heavy atom. The van der Waals surface area contributed by atoms with Crippen LogP contribution in [0.1, 0.15) is 12.5 Å². The Morgan fingerprint density at radius 2 is 2.14 bits per heavy atom. The molecular formula is C15H16ClN3OS. The molecule has 0 spiro atoms. The highest BCUT2D eigenvalue weighted by molar-refractivity contribution is 8.00. The first-order valence-electron chi connectivity index (χ1n) is 6.42. The Labute approximate surface area is 133 Å². The Bertz CT molecular complexity index is 663. The zero-order valence-electron chi connectivity index (χ0n) is 11.8. The Hall–Kier alpha value is -1.72. The SMILES string of the molecule is Cc1c(N)cccc1NC(=O)C(C)Sc1ncccc1Cl. The highest BCUT2D eigenvalue weighted by atomic mass is 35.5. The summed E-state index contributed by atoms with van der Waals surface area (Å²) in [4.78, 5) is 16.4. The van der Waals surface area contributed by atoms with Crippen LogP contribution < -0.4 is 11.1 Å². The number of hydrogen-bond acceptors (Lipinski definition) is 4. The van der Waals surface area contributed by atoms with Gasteiger partial charge >= 0.3 is 0 Å². The average Bonchev–Trinajstić information content (AvgIpc) is 2.46. The molecule has 0 aliphatic carbocycles. The fourth-order valence-electron chi connectivity index (χ4n) is 1.70. The molecule has 1 aromatic heterocycles. The van der Waals surface area contributed by atoms with Crippen LogP contribution in [0, 0.1) is 6.92 Å². The smallest absolute Gasteiger partial charge is 0.237 e. The maximum atomic E-state index is 12.2. The van der Waals surface area contributed by atoms with E-state index in [0.29, 0.717) is 15.7 Å². The fraction of sp³-hybridized carbons (Fsp3) is 0.200. The van der Waals surface area contributed by atoms with Gasteiger partial charge in [-0.2, -0.15) is 0 Å². The molecule has 21 heavy (non-hydrogen) atoms. The summed E-state index contributed by atoms with van der Waals surface area (Å²) in [6, 6.07) is 8.95. The number of carbonyl (C=O) groups is 1. The minimum Gasteiger partial charge on any atom is -0.398 e. The summed E-state index contributed by atoms with van der Waals surface area (Å²) in [5.74, 6) is -0.115. The van der Waals surface area contributed by atoms with Crippen LogP contribution >= 0.6 is 23.4 Å². The highest BCUT2D eigenvalue weighted by Gasteiger charge is 2.17. The molecule has 0 aliphatic rings. The molecule has 1 heterocycles. The van der Waals surface area contributed by atoms with E-state index >= 15 is 0 Å². The van der Waals surface area contributed by atoms with Gasteiger partial charge in [-0.15, -0.1) is 0 Å². The van der Waals surface area contributed by atoms with Gasteiger partial charge in [0.2, 0.25) is 5.91 Å². The summed E-state index contributed by atoms with van der Waals surface area (Å²) in [6.07, 6.45) is 1.65. The molecule has 2 aromatic rings. The number of aromatic nitrogens is 1. The van der Waals surface area contributed by atoms with Gasteiger partial charge in [-0.05, 0) is 43.7 Å². The Morgan fingerprint density at radius 3 is 2.86 bits per heavy atom. The molecule has 1 aromatic carbocycles. The molecule has 1 atom stereocenters. The third-order valence-electron chi connectivity index (χ3n) is 3.02. The van der Waals surface area contributed by atoms with Crippen molar-refractivity contribution in [3.63, 3.8) is 0 Å². The van der Waals surface area contributed by atoms with E-state index in [0.717, 1.165) is 11.3 Å². The number of anilines is 2. The lowest BCUT2D eigenvalue weighted by Crippen LogP contribution is -2.23. The van der Waals surface area contributed by atoms with Crippen molar-refractivity contribution in [1.82, 2.24) is 4.98 Å². The van der Waals surface area contributed by atoms with Gasteiger partial charge in [0.25, 0.3) is 0 Å². The van der Waals surface area contributed by atoms with Gasteiger partial charge < -0.3 is 11.1 Å². The summed E-state index contributed by atoms with van der Waals surface area (Å²) in [6.45, 7) is 3.69. The van der Waals surface area contributed by atoms with Gasteiger partial charge in [0, 0.05) is 17.6 Å². The second-order valence-corrected chi connectivity index (χ2v) is 6.30. The molecule has 3 N–H and O–H groups in total. The minimum absolute atomic E-state index is 0.115. The zero-order valence-corrected chi connectivity index (χ0v) is 13.3. The van der Waals surface area contributed by atoms with Crippen LogP contribution in [-0.4, -0.2) is 16.1 Å². The number of nitrogens with two attached hydrogens (primary N) is 1. The summed E-state index contributed by atoms with van der Waals surface area (Å²) < 4.78 is 0. The highest BCUT2D eigenvalue weighted by Crippen LogP contribution is 2.29. The first-order valence-corrected chi connectivity index (χ1v) is 7.68. The summed E-state index contributed by atoms with van der Waals surface area (Å²) in [7, 11) is 0. The fourth-order valence-corrected chi connectivity index (χ4v) is 2.76.